The molecule has 2 aliphatic heterocycles. The third kappa shape index (κ3) is 3.00. The highest BCUT2D eigenvalue weighted by molar-refractivity contribution is 6.32. The summed E-state index contributed by atoms with van der Waals surface area (Å²) in [6.45, 7) is 5.03. The summed E-state index contributed by atoms with van der Waals surface area (Å²) in [5, 5.41) is 0. The van der Waals surface area contributed by atoms with Crippen LogP contribution in [-0.4, -0.2) is 29.9 Å². The van der Waals surface area contributed by atoms with E-state index in [-0.39, 0.29) is 5.91 Å². The molecule has 0 bridgehead atoms. The van der Waals surface area contributed by atoms with Crippen molar-refractivity contribution >= 4 is 17.2 Å². The van der Waals surface area contributed by atoms with E-state index in [4.69, 9.17) is 0 Å². The molecule has 0 aromatic heterocycles. The first-order chi connectivity index (χ1) is 12.3. The molecule has 2 aromatic carbocycles. The second-order valence-corrected chi connectivity index (χ2v) is 6.89. The first-order valence-corrected chi connectivity index (χ1v) is 9.13. The van der Waals surface area contributed by atoms with E-state index in [0.717, 1.165) is 49.3 Å². The summed E-state index contributed by atoms with van der Waals surface area (Å²) in [6.07, 6.45) is 4.01. The van der Waals surface area contributed by atoms with Crippen molar-refractivity contribution in [2.75, 3.05) is 18.0 Å². The topological polar surface area (TPSA) is 23.6 Å². The van der Waals surface area contributed by atoms with Crippen molar-refractivity contribution < 1.29 is 4.79 Å². The number of rotatable bonds is 3. The molecule has 3 heteroatoms. The van der Waals surface area contributed by atoms with Crippen molar-refractivity contribution in [1.29, 1.82) is 0 Å². The van der Waals surface area contributed by atoms with Crippen molar-refractivity contribution in [1.82, 2.24) is 4.90 Å². The van der Waals surface area contributed by atoms with Crippen molar-refractivity contribution in [3.63, 3.8) is 0 Å². The van der Waals surface area contributed by atoms with Crippen LogP contribution >= 0.6 is 0 Å². The van der Waals surface area contributed by atoms with Crippen LogP contribution in [0.1, 0.15) is 30.9 Å². The molecule has 2 heterocycles. The zero-order valence-electron chi connectivity index (χ0n) is 14.7. The quantitative estimate of drug-likeness (QED) is 0.790. The molecule has 0 saturated carbocycles. The number of carbonyl (C=O) groups is 1. The van der Waals surface area contributed by atoms with Crippen molar-refractivity contribution in [3.05, 3.63) is 71.8 Å². The SMILES string of the molecule is CC=C1C(=O)N(C2CCN(Cc3ccccc3)CC2)c2ccccc21. The lowest BCUT2D eigenvalue weighted by Crippen LogP contribution is -2.46. The molecule has 3 nitrogen and oxygen atoms in total. The second-order valence-electron chi connectivity index (χ2n) is 6.89. The molecule has 2 aromatic rings. The molecule has 1 amide bonds. The molecular weight excluding hydrogens is 308 g/mol. The number of hydrogen-bond donors (Lipinski definition) is 0. The van der Waals surface area contributed by atoms with Gasteiger partial charge in [-0.05, 0) is 31.4 Å². The number of nitrogens with zero attached hydrogens (tertiary/aromatic N) is 2. The van der Waals surface area contributed by atoms with Crippen LogP contribution in [-0.2, 0) is 11.3 Å². The predicted octanol–water partition coefficient (Wildman–Crippen LogP) is 4.10. The lowest BCUT2D eigenvalue weighted by molar-refractivity contribution is -0.113. The predicted molar refractivity (Wildman–Crippen MR) is 102 cm³/mol. The Morgan fingerprint density at radius 3 is 2.40 bits per heavy atom. The van der Waals surface area contributed by atoms with Gasteiger partial charge in [0, 0.05) is 36.8 Å². The third-order valence-corrected chi connectivity index (χ3v) is 5.36. The Labute approximate surface area is 149 Å². The van der Waals surface area contributed by atoms with Gasteiger partial charge >= 0.3 is 0 Å². The van der Waals surface area contributed by atoms with Gasteiger partial charge in [-0.3, -0.25) is 9.69 Å². The summed E-state index contributed by atoms with van der Waals surface area (Å²) < 4.78 is 0. The van der Waals surface area contributed by atoms with Crippen LogP contribution in [0.3, 0.4) is 0 Å². The summed E-state index contributed by atoms with van der Waals surface area (Å²) in [6, 6.07) is 19.1. The lowest BCUT2D eigenvalue weighted by Gasteiger charge is -2.37. The number of para-hydroxylation sites is 1. The molecule has 1 fully saturated rings. The van der Waals surface area contributed by atoms with Gasteiger partial charge in [0.05, 0.1) is 5.69 Å². The highest BCUT2D eigenvalue weighted by Crippen LogP contribution is 2.39. The number of carbonyl (C=O) groups excluding carboxylic acids is 1. The highest BCUT2D eigenvalue weighted by Gasteiger charge is 2.37. The molecule has 0 aliphatic carbocycles. The van der Waals surface area contributed by atoms with Crippen molar-refractivity contribution in [3.8, 4) is 0 Å². The Morgan fingerprint density at radius 2 is 1.68 bits per heavy atom. The summed E-state index contributed by atoms with van der Waals surface area (Å²) in [5.74, 6) is 0.171. The minimum Gasteiger partial charge on any atom is -0.305 e. The van der Waals surface area contributed by atoms with Gasteiger partial charge in [-0.25, -0.2) is 0 Å². The fourth-order valence-corrected chi connectivity index (χ4v) is 4.08. The average molecular weight is 332 g/mol. The number of amides is 1. The molecule has 4 rings (SSSR count). The third-order valence-electron chi connectivity index (χ3n) is 5.36. The van der Waals surface area contributed by atoms with Crippen molar-refractivity contribution in [2.45, 2.75) is 32.4 Å². The fraction of sp³-hybridized carbons (Fsp3) is 0.318. The Hall–Kier alpha value is -2.39. The molecular formula is C22H24N2O. The summed E-state index contributed by atoms with van der Waals surface area (Å²) in [5.41, 5.74) is 4.38. The smallest absolute Gasteiger partial charge is 0.258 e. The average Bonchev–Trinajstić information content (AvgIpc) is 2.94. The fourth-order valence-electron chi connectivity index (χ4n) is 4.08. The maximum Gasteiger partial charge on any atom is 0.258 e. The van der Waals surface area contributed by atoms with Gasteiger partial charge in [0.25, 0.3) is 5.91 Å². The van der Waals surface area contributed by atoms with E-state index in [0.29, 0.717) is 6.04 Å². The highest BCUT2D eigenvalue weighted by atomic mass is 16.2. The largest absolute Gasteiger partial charge is 0.305 e. The molecule has 25 heavy (non-hydrogen) atoms. The van der Waals surface area contributed by atoms with E-state index >= 15 is 0 Å². The maximum absolute atomic E-state index is 12.9. The van der Waals surface area contributed by atoms with E-state index in [1.54, 1.807) is 0 Å². The molecule has 0 unspecified atom stereocenters. The Balaban J connectivity index is 1.47. The van der Waals surface area contributed by atoms with Gasteiger partial charge in [0.2, 0.25) is 0 Å². The van der Waals surface area contributed by atoms with Crippen LogP contribution in [0, 0.1) is 0 Å². The lowest BCUT2D eigenvalue weighted by atomic mass is 10.0. The van der Waals surface area contributed by atoms with E-state index in [2.05, 4.69) is 47.4 Å². The second kappa shape index (κ2) is 6.85. The number of fused-ring (bicyclic) bond motifs is 1. The molecule has 2 aliphatic rings. The first kappa shape index (κ1) is 16.1. The van der Waals surface area contributed by atoms with E-state index in [9.17, 15) is 4.79 Å². The summed E-state index contributed by atoms with van der Waals surface area (Å²) >= 11 is 0. The Bertz CT molecular complexity index is 789. The Morgan fingerprint density at radius 1 is 1.00 bits per heavy atom. The molecule has 0 N–H and O–H groups in total. The molecule has 0 spiro atoms. The Kier molecular flexibility index (Phi) is 4.41. The zero-order valence-corrected chi connectivity index (χ0v) is 14.7. The number of likely N-dealkylation sites (tertiary alicyclic amines) is 1. The summed E-state index contributed by atoms with van der Waals surface area (Å²) in [4.78, 5) is 17.5. The molecule has 0 atom stereocenters. The summed E-state index contributed by atoms with van der Waals surface area (Å²) in [7, 11) is 0. The standard InChI is InChI=1S/C22H24N2O/c1-2-19-20-10-6-7-11-21(20)24(22(19)25)18-12-14-23(15-13-18)16-17-8-4-3-5-9-17/h2-11,18H,12-16H2,1H3. The van der Waals surface area contributed by atoms with Crippen LogP contribution < -0.4 is 4.90 Å². The minimum absolute atomic E-state index is 0.171. The van der Waals surface area contributed by atoms with Crippen LogP contribution in [0.2, 0.25) is 0 Å². The van der Waals surface area contributed by atoms with Crippen LogP contribution in [0.4, 0.5) is 5.69 Å². The molecule has 1 saturated heterocycles. The van der Waals surface area contributed by atoms with Crippen LogP contribution in [0.25, 0.3) is 5.57 Å². The first-order valence-electron chi connectivity index (χ1n) is 9.13. The van der Waals surface area contributed by atoms with E-state index in [1.165, 1.54) is 5.56 Å². The number of benzene rings is 2. The van der Waals surface area contributed by atoms with Gasteiger partial charge in [0.15, 0.2) is 0 Å². The van der Waals surface area contributed by atoms with Gasteiger partial charge in [-0.2, -0.15) is 0 Å². The van der Waals surface area contributed by atoms with E-state index < -0.39 is 0 Å². The zero-order chi connectivity index (χ0) is 17.2. The van der Waals surface area contributed by atoms with Crippen LogP contribution in [0.5, 0.6) is 0 Å². The number of allylic oxidation sites excluding steroid dienone is 1. The number of piperidine rings is 1. The van der Waals surface area contributed by atoms with Gasteiger partial charge < -0.3 is 4.90 Å². The normalized spacial score (nSPS) is 20.3. The maximum atomic E-state index is 12.9. The van der Waals surface area contributed by atoms with Gasteiger partial charge in [0.1, 0.15) is 0 Å². The number of hydrogen-bond acceptors (Lipinski definition) is 2. The van der Waals surface area contributed by atoms with Crippen LogP contribution in [0.15, 0.2) is 60.7 Å². The monoisotopic (exact) mass is 332 g/mol. The van der Waals surface area contributed by atoms with Gasteiger partial charge in [-0.15, -0.1) is 0 Å². The van der Waals surface area contributed by atoms with E-state index in [1.807, 2.05) is 30.0 Å². The minimum atomic E-state index is 0.171. The molecule has 0 radical (unpaired) electrons. The number of anilines is 1. The van der Waals surface area contributed by atoms with Gasteiger partial charge in [-0.1, -0.05) is 54.6 Å². The molecule has 128 valence electrons. The van der Waals surface area contributed by atoms with Crippen molar-refractivity contribution in [2.24, 2.45) is 0 Å².